The second-order valence-corrected chi connectivity index (χ2v) is 6.61. The fourth-order valence-electron chi connectivity index (χ4n) is 3.71. The van der Waals surface area contributed by atoms with Gasteiger partial charge >= 0.3 is 0 Å². The van der Waals surface area contributed by atoms with Crippen molar-refractivity contribution in [2.75, 3.05) is 13.1 Å². The summed E-state index contributed by atoms with van der Waals surface area (Å²) in [6.45, 7) is 1.50. The van der Waals surface area contributed by atoms with Crippen molar-refractivity contribution >= 4 is 5.91 Å². The van der Waals surface area contributed by atoms with Crippen LogP contribution in [0.1, 0.15) is 56.4 Å². The fraction of sp³-hybridized carbons (Fsp3) is 0.750. The number of aliphatic hydroxyl groups is 1. The van der Waals surface area contributed by atoms with Crippen LogP contribution >= 0.6 is 0 Å². The van der Waals surface area contributed by atoms with E-state index in [-0.39, 0.29) is 5.91 Å². The van der Waals surface area contributed by atoms with Crippen LogP contribution in [0.15, 0.2) is 12.4 Å². The van der Waals surface area contributed by atoms with Crippen LogP contribution < -0.4 is 0 Å². The molecule has 2 fully saturated rings. The lowest BCUT2D eigenvalue weighted by Gasteiger charge is -2.39. The lowest BCUT2D eigenvalue weighted by atomic mass is 9.82. The highest BCUT2D eigenvalue weighted by molar-refractivity contribution is 5.85. The van der Waals surface area contributed by atoms with Crippen molar-refractivity contribution in [3.63, 3.8) is 0 Å². The SMILES string of the molecule is Cn1cc(C2CCN(C(=O)C3(O)CCCCC3)CC2)cn1. The van der Waals surface area contributed by atoms with E-state index in [9.17, 15) is 9.90 Å². The summed E-state index contributed by atoms with van der Waals surface area (Å²) >= 11 is 0. The lowest BCUT2D eigenvalue weighted by molar-refractivity contribution is -0.155. The molecule has 0 atom stereocenters. The quantitative estimate of drug-likeness (QED) is 0.904. The zero-order valence-electron chi connectivity index (χ0n) is 12.8. The van der Waals surface area contributed by atoms with Crippen molar-refractivity contribution in [3.05, 3.63) is 18.0 Å². The summed E-state index contributed by atoms with van der Waals surface area (Å²) in [5, 5.41) is 14.8. The minimum Gasteiger partial charge on any atom is -0.380 e. The highest BCUT2D eigenvalue weighted by atomic mass is 16.3. The maximum absolute atomic E-state index is 12.6. The van der Waals surface area contributed by atoms with Gasteiger partial charge in [-0.05, 0) is 37.2 Å². The summed E-state index contributed by atoms with van der Waals surface area (Å²) < 4.78 is 1.83. The topological polar surface area (TPSA) is 58.4 Å². The van der Waals surface area contributed by atoms with Gasteiger partial charge in [0.25, 0.3) is 5.91 Å². The van der Waals surface area contributed by atoms with Gasteiger partial charge in [-0.2, -0.15) is 5.10 Å². The minimum atomic E-state index is -1.08. The number of hydrogen-bond acceptors (Lipinski definition) is 3. The van der Waals surface area contributed by atoms with Crippen LogP contribution in [-0.4, -0.2) is 44.4 Å². The molecule has 0 radical (unpaired) electrons. The molecule has 1 N–H and O–H groups in total. The summed E-state index contributed by atoms with van der Waals surface area (Å²) in [5.41, 5.74) is 0.181. The van der Waals surface area contributed by atoms with Gasteiger partial charge in [-0.1, -0.05) is 19.3 Å². The number of carbonyl (C=O) groups is 1. The highest BCUT2D eigenvalue weighted by Crippen LogP contribution is 2.33. The molecule has 1 aliphatic heterocycles. The third-order valence-corrected chi connectivity index (χ3v) is 5.06. The monoisotopic (exact) mass is 291 g/mol. The molecule has 116 valence electrons. The Kier molecular flexibility index (Phi) is 4.02. The van der Waals surface area contributed by atoms with Crippen LogP contribution in [0.3, 0.4) is 0 Å². The van der Waals surface area contributed by atoms with Crippen LogP contribution in [0.4, 0.5) is 0 Å². The first-order valence-corrected chi connectivity index (χ1v) is 8.09. The number of amides is 1. The molecule has 5 nitrogen and oxygen atoms in total. The number of hydrogen-bond donors (Lipinski definition) is 1. The third kappa shape index (κ3) is 2.98. The van der Waals surface area contributed by atoms with Crippen molar-refractivity contribution in [2.45, 2.75) is 56.5 Å². The summed E-state index contributed by atoms with van der Waals surface area (Å²) in [7, 11) is 1.93. The molecule has 1 aromatic rings. The number of rotatable bonds is 2. The van der Waals surface area contributed by atoms with Gasteiger partial charge in [0, 0.05) is 26.3 Å². The zero-order chi connectivity index (χ0) is 14.9. The Bertz CT molecular complexity index is 497. The predicted octanol–water partition coefficient (Wildman–Crippen LogP) is 1.82. The van der Waals surface area contributed by atoms with Gasteiger partial charge in [0.15, 0.2) is 0 Å². The Morgan fingerprint density at radius 1 is 1.29 bits per heavy atom. The number of carbonyl (C=O) groups excluding carboxylic acids is 1. The highest BCUT2D eigenvalue weighted by Gasteiger charge is 2.40. The first-order chi connectivity index (χ1) is 10.1. The molecule has 3 rings (SSSR count). The number of nitrogens with zero attached hydrogens (tertiary/aromatic N) is 3. The zero-order valence-corrected chi connectivity index (χ0v) is 12.8. The number of likely N-dealkylation sites (tertiary alicyclic amines) is 1. The minimum absolute atomic E-state index is 0.0353. The van der Waals surface area contributed by atoms with Crippen LogP contribution in [0.5, 0.6) is 0 Å². The Morgan fingerprint density at radius 2 is 1.95 bits per heavy atom. The maximum Gasteiger partial charge on any atom is 0.254 e. The van der Waals surface area contributed by atoms with E-state index in [0.717, 1.165) is 45.2 Å². The predicted molar refractivity (Wildman–Crippen MR) is 79.8 cm³/mol. The van der Waals surface area contributed by atoms with Crippen LogP contribution in [0, 0.1) is 0 Å². The molecular formula is C16H25N3O2. The molecule has 1 saturated heterocycles. The Labute approximate surface area is 125 Å². The molecule has 1 amide bonds. The van der Waals surface area contributed by atoms with E-state index in [1.165, 1.54) is 5.56 Å². The van der Waals surface area contributed by atoms with Crippen molar-refractivity contribution < 1.29 is 9.90 Å². The normalized spacial score (nSPS) is 23.2. The Morgan fingerprint density at radius 3 is 2.52 bits per heavy atom. The van der Waals surface area contributed by atoms with Crippen molar-refractivity contribution in [2.24, 2.45) is 7.05 Å². The Hall–Kier alpha value is -1.36. The summed E-state index contributed by atoms with van der Waals surface area (Å²) in [6.07, 6.45) is 10.3. The van der Waals surface area contributed by atoms with E-state index in [0.29, 0.717) is 18.8 Å². The number of piperidine rings is 1. The lowest BCUT2D eigenvalue weighted by Crippen LogP contribution is -2.52. The van der Waals surface area contributed by atoms with E-state index >= 15 is 0 Å². The number of aryl methyl sites for hydroxylation is 1. The van der Waals surface area contributed by atoms with Crippen LogP contribution in [0.25, 0.3) is 0 Å². The molecule has 5 heteroatoms. The summed E-state index contributed by atoms with van der Waals surface area (Å²) in [5.74, 6) is 0.454. The first-order valence-electron chi connectivity index (χ1n) is 8.09. The summed E-state index contributed by atoms with van der Waals surface area (Å²) in [6, 6.07) is 0. The van der Waals surface area contributed by atoms with Gasteiger partial charge in [0.05, 0.1) is 6.20 Å². The van der Waals surface area contributed by atoms with Gasteiger partial charge in [-0.25, -0.2) is 0 Å². The average Bonchev–Trinajstić information content (AvgIpc) is 2.94. The van der Waals surface area contributed by atoms with E-state index in [4.69, 9.17) is 0 Å². The van der Waals surface area contributed by atoms with Gasteiger partial charge in [0.2, 0.25) is 0 Å². The second kappa shape index (κ2) is 5.79. The van der Waals surface area contributed by atoms with E-state index in [2.05, 4.69) is 11.3 Å². The Balaban J connectivity index is 1.59. The maximum atomic E-state index is 12.6. The molecule has 0 aromatic carbocycles. The smallest absolute Gasteiger partial charge is 0.254 e. The summed E-state index contributed by atoms with van der Waals surface area (Å²) in [4.78, 5) is 14.5. The molecule has 2 heterocycles. The van der Waals surface area contributed by atoms with E-state index in [1.54, 1.807) is 0 Å². The molecule has 1 aromatic heterocycles. The third-order valence-electron chi connectivity index (χ3n) is 5.06. The standard InChI is InChI=1S/C16H25N3O2/c1-18-12-14(11-17-18)13-5-9-19(10-6-13)15(20)16(21)7-3-2-4-8-16/h11-13,21H,2-10H2,1H3. The molecule has 2 aliphatic rings. The van der Waals surface area contributed by atoms with Gasteiger partial charge in [-0.15, -0.1) is 0 Å². The van der Waals surface area contributed by atoms with Gasteiger partial charge in [-0.3, -0.25) is 9.48 Å². The van der Waals surface area contributed by atoms with Gasteiger partial charge in [0.1, 0.15) is 5.60 Å². The molecule has 0 unspecified atom stereocenters. The molecule has 1 saturated carbocycles. The average molecular weight is 291 g/mol. The molecule has 1 aliphatic carbocycles. The van der Waals surface area contributed by atoms with Gasteiger partial charge < -0.3 is 10.0 Å². The second-order valence-electron chi connectivity index (χ2n) is 6.61. The number of aromatic nitrogens is 2. The van der Waals surface area contributed by atoms with Crippen molar-refractivity contribution in [3.8, 4) is 0 Å². The fourth-order valence-corrected chi connectivity index (χ4v) is 3.71. The van der Waals surface area contributed by atoms with E-state index in [1.807, 2.05) is 22.8 Å². The van der Waals surface area contributed by atoms with Crippen molar-refractivity contribution in [1.29, 1.82) is 0 Å². The molecule has 0 bridgehead atoms. The first kappa shape index (κ1) is 14.6. The molecular weight excluding hydrogens is 266 g/mol. The van der Waals surface area contributed by atoms with Crippen LogP contribution in [-0.2, 0) is 11.8 Å². The largest absolute Gasteiger partial charge is 0.380 e. The van der Waals surface area contributed by atoms with E-state index < -0.39 is 5.60 Å². The van der Waals surface area contributed by atoms with Crippen molar-refractivity contribution in [1.82, 2.24) is 14.7 Å². The molecule has 0 spiro atoms. The van der Waals surface area contributed by atoms with Crippen LogP contribution in [0.2, 0.25) is 0 Å². The molecule has 21 heavy (non-hydrogen) atoms.